The van der Waals surface area contributed by atoms with E-state index in [-0.39, 0.29) is 5.91 Å². The van der Waals surface area contributed by atoms with Gasteiger partial charge in [-0.25, -0.2) is 4.98 Å². The van der Waals surface area contributed by atoms with Gasteiger partial charge in [0.05, 0.1) is 10.6 Å². The number of amides is 1. The molecule has 1 aromatic carbocycles. The van der Waals surface area contributed by atoms with Gasteiger partial charge in [-0.2, -0.15) is 0 Å². The lowest BCUT2D eigenvalue weighted by atomic mass is 9.92. The fraction of sp³-hybridized carbons (Fsp3) is 0.478. The van der Waals surface area contributed by atoms with Crippen LogP contribution in [0.4, 0.5) is 11.5 Å². The Kier molecular flexibility index (Phi) is 7.14. The maximum atomic E-state index is 12.7. The second-order valence-corrected chi connectivity index (χ2v) is 9.46. The first-order valence-corrected chi connectivity index (χ1v) is 10.7. The maximum Gasteiger partial charge on any atom is 0.258 e. The van der Waals surface area contributed by atoms with Crippen molar-refractivity contribution in [3.05, 3.63) is 53.2 Å². The van der Waals surface area contributed by atoms with Gasteiger partial charge in [-0.05, 0) is 61.5 Å². The minimum absolute atomic E-state index is 0.178. The molecule has 1 saturated heterocycles. The molecule has 3 rings (SSSR count). The summed E-state index contributed by atoms with van der Waals surface area (Å²) in [5.41, 5.74) is 1.82. The molecule has 0 aliphatic carbocycles. The van der Waals surface area contributed by atoms with Crippen molar-refractivity contribution in [2.45, 2.75) is 33.6 Å². The third-order valence-electron chi connectivity index (χ3n) is 5.13. The summed E-state index contributed by atoms with van der Waals surface area (Å²) in [5, 5.41) is 6.88. The van der Waals surface area contributed by atoms with Gasteiger partial charge in [-0.15, -0.1) is 0 Å². The van der Waals surface area contributed by atoms with Crippen LogP contribution in [0.15, 0.2) is 42.6 Å². The quantitative estimate of drug-likeness (QED) is 0.685. The average Bonchev–Trinajstić information content (AvgIpc) is 2.68. The summed E-state index contributed by atoms with van der Waals surface area (Å²) in [6.07, 6.45) is 3.89. The number of carbonyl (C=O) groups excluding carboxylic acids is 1. The highest BCUT2D eigenvalue weighted by Gasteiger charge is 2.23. The summed E-state index contributed by atoms with van der Waals surface area (Å²) < 4.78 is 0. The summed E-state index contributed by atoms with van der Waals surface area (Å²) in [4.78, 5) is 19.4. The van der Waals surface area contributed by atoms with Crippen LogP contribution in [0.3, 0.4) is 0 Å². The smallest absolute Gasteiger partial charge is 0.258 e. The number of benzene rings is 1. The van der Waals surface area contributed by atoms with Crippen LogP contribution in [0.1, 0.15) is 44.0 Å². The molecule has 2 heterocycles. The highest BCUT2D eigenvalue weighted by atomic mass is 35.5. The molecule has 1 aliphatic rings. The molecule has 0 radical (unpaired) electrons. The highest BCUT2D eigenvalue weighted by Crippen LogP contribution is 2.24. The molecular weight excluding hydrogens is 384 g/mol. The van der Waals surface area contributed by atoms with Crippen molar-refractivity contribution < 1.29 is 4.79 Å². The topological polar surface area (TPSA) is 57.3 Å². The van der Waals surface area contributed by atoms with Crippen LogP contribution in [0, 0.1) is 11.3 Å². The first kappa shape index (κ1) is 21.6. The molecule has 2 N–H and O–H groups in total. The number of nitrogens with one attached hydrogen (secondary N) is 2. The fourth-order valence-corrected chi connectivity index (χ4v) is 3.85. The van der Waals surface area contributed by atoms with Crippen molar-refractivity contribution in [2.75, 3.05) is 36.8 Å². The van der Waals surface area contributed by atoms with E-state index in [9.17, 15) is 4.79 Å². The van der Waals surface area contributed by atoms with Gasteiger partial charge in [0, 0.05) is 25.0 Å². The Morgan fingerprint density at radius 2 is 1.90 bits per heavy atom. The minimum Gasteiger partial charge on any atom is -0.384 e. The van der Waals surface area contributed by atoms with Crippen LogP contribution < -0.4 is 10.6 Å². The van der Waals surface area contributed by atoms with Crippen LogP contribution in [-0.4, -0.2) is 42.0 Å². The number of hydrogen-bond donors (Lipinski definition) is 2. The third kappa shape index (κ3) is 6.72. The molecular formula is C23H31ClN4O. The first-order valence-electron chi connectivity index (χ1n) is 10.3. The lowest BCUT2D eigenvalue weighted by Crippen LogP contribution is -2.40. The SMILES string of the molecule is CC(C)(C)CN1CCC(CNc2ccccc2C(=O)Nc2ccc(Cl)cn2)CC1. The number of pyridine rings is 1. The molecule has 0 unspecified atom stereocenters. The van der Waals surface area contributed by atoms with E-state index in [0.29, 0.717) is 27.7 Å². The van der Waals surface area contributed by atoms with E-state index in [1.54, 1.807) is 12.1 Å². The molecule has 2 aromatic rings. The molecule has 29 heavy (non-hydrogen) atoms. The molecule has 1 fully saturated rings. The Balaban J connectivity index is 1.54. The number of rotatable bonds is 6. The first-order chi connectivity index (χ1) is 13.8. The normalized spacial score (nSPS) is 15.9. The Labute approximate surface area is 178 Å². The number of carbonyl (C=O) groups is 1. The number of para-hydroxylation sites is 1. The summed E-state index contributed by atoms with van der Waals surface area (Å²) in [6, 6.07) is 11.0. The summed E-state index contributed by atoms with van der Waals surface area (Å²) >= 11 is 5.86. The molecule has 6 heteroatoms. The van der Waals surface area contributed by atoms with Crippen molar-refractivity contribution in [2.24, 2.45) is 11.3 Å². The van der Waals surface area contributed by atoms with E-state index in [1.807, 2.05) is 24.3 Å². The Morgan fingerprint density at radius 3 is 2.55 bits per heavy atom. The highest BCUT2D eigenvalue weighted by molar-refractivity contribution is 6.30. The van der Waals surface area contributed by atoms with Crippen molar-refractivity contribution in [1.29, 1.82) is 0 Å². The molecule has 0 saturated carbocycles. The largest absolute Gasteiger partial charge is 0.384 e. The van der Waals surface area contributed by atoms with Gasteiger partial charge in [0.25, 0.3) is 5.91 Å². The average molecular weight is 415 g/mol. The number of piperidine rings is 1. The van der Waals surface area contributed by atoms with Gasteiger partial charge < -0.3 is 15.5 Å². The van der Waals surface area contributed by atoms with Crippen molar-refractivity contribution in [3.63, 3.8) is 0 Å². The number of halogens is 1. The van der Waals surface area contributed by atoms with Gasteiger partial charge in [0.15, 0.2) is 0 Å². The van der Waals surface area contributed by atoms with Gasteiger partial charge >= 0.3 is 0 Å². The lowest BCUT2D eigenvalue weighted by Gasteiger charge is -2.36. The van der Waals surface area contributed by atoms with Gasteiger partial charge in [-0.3, -0.25) is 4.79 Å². The van der Waals surface area contributed by atoms with E-state index < -0.39 is 0 Å². The number of hydrogen-bond acceptors (Lipinski definition) is 4. The molecule has 156 valence electrons. The van der Waals surface area contributed by atoms with E-state index in [0.717, 1.165) is 31.9 Å². The van der Waals surface area contributed by atoms with Crippen LogP contribution in [0.2, 0.25) is 5.02 Å². The van der Waals surface area contributed by atoms with Crippen LogP contribution in [-0.2, 0) is 0 Å². The Morgan fingerprint density at radius 1 is 1.17 bits per heavy atom. The van der Waals surface area contributed by atoms with Crippen molar-refractivity contribution in [1.82, 2.24) is 9.88 Å². The van der Waals surface area contributed by atoms with E-state index >= 15 is 0 Å². The zero-order chi connectivity index (χ0) is 20.9. The van der Waals surface area contributed by atoms with Gasteiger partial charge in [-0.1, -0.05) is 44.5 Å². The summed E-state index contributed by atoms with van der Waals surface area (Å²) in [6.45, 7) is 11.2. The molecule has 1 aliphatic heterocycles. The minimum atomic E-state index is -0.178. The second kappa shape index (κ2) is 9.59. The zero-order valence-electron chi connectivity index (χ0n) is 17.5. The van der Waals surface area contributed by atoms with E-state index in [1.165, 1.54) is 19.0 Å². The zero-order valence-corrected chi connectivity index (χ0v) is 18.3. The number of likely N-dealkylation sites (tertiary alicyclic amines) is 1. The summed E-state index contributed by atoms with van der Waals surface area (Å²) in [7, 11) is 0. The Hall–Kier alpha value is -2.11. The number of aromatic nitrogens is 1. The lowest BCUT2D eigenvalue weighted by molar-refractivity contribution is 0.102. The van der Waals surface area contributed by atoms with Gasteiger partial charge in [0.1, 0.15) is 5.82 Å². The monoisotopic (exact) mass is 414 g/mol. The van der Waals surface area contributed by atoms with Crippen LogP contribution >= 0.6 is 11.6 Å². The van der Waals surface area contributed by atoms with Crippen molar-refractivity contribution in [3.8, 4) is 0 Å². The maximum absolute atomic E-state index is 12.7. The van der Waals surface area contributed by atoms with Crippen molar-refractivity contribution >= 4 is 29.0 Å². The van der Waals surface area contributed by atoms with E-state index in [4.69, 9.17) is 11.6 Å². The van der Waals surface area contributed by atoms with Crippen LogP contribution in [0.25, 0.3) is 0 Å². The third-order valence-corrected chi connectivity index (χ3v) is 5.35. The number of nitrogens with zero attached hydrogens (tertiary/aromatic N) is 2. The second-order valence-electron chi connectivity index (χ2n) is 9.02. The Bertz CT molecular complexity index is 808. The predicted molar refractivity (Wildman–Crippen MR) is 121 cm³/mol. The van der Waals surface area contributed by atoms with E-state index in [2.05, 4.69) is 41.3 Å². The molecule has 0 atom stereocenters. The standard InChI is InChI=1S/C23H31ClN4O/c1-23(2,3)16-28-12-10-17(11-13-28)14-25-20-7-5-4-6-19(20)22(29)27-21-9-8-18(24)15-26-21/h4-9,15,17,25H,10-14,16H2,1-3H3,(H,26,27,29). The van der Waals surface area contributed by atoms with Crippen LogP contribution in [0.5, 0.6) is 0 Å². The molecule has 5 nitrogen and oxygen atoms in total. The molecule has 1 amide bonds. The number of anilines is 2. The fourth-order valence-electron chi connectivity index (χ4n) is 3.74. The molecule has 0 bridgehead atoms. The molecule has 1 aromatic heterocycles. The predicted octanol–water partition coefficient (Wildman–Crippen LogP) is 5.16. The summed E-state index contributed by atoms with van der Waals surface area (Å²) in [5.74, 6) is 0.934. The molecule has 0 spiro atoms. The van der Waals surface area contributed by atoms with Gasteiger partial charge in [0.2, 0.25) is 0 Å².